The van der Waals surface area contributed by atoms with E-state index in [0.29, 0.717) is 24.5 Å². The number of esters is 1. The molecule has 0 aliphatic carbocycles. The van der Waals surface area contributed by atoms with E-state index in [-0.39, 0.29) is 12.1 Å². The lowest BCUT2D eigenvalue weighted by atomic mass is 10.0. The maximum atomic E-state index is 11.9. The predicted molar refractivity (Wildman–Crippen MR) is 87.8 cm³/mol. The number of hydrogen-bond acceptors (Lipinski definition) is 4. The summed E-state index contributed by atoms with van der Waals surface area (Å²) in [5.41, 5.74) is 3.65. The molecule has 1 aliphatic heterocycles. The van der Waals surface area contributed by atoms with Crippen molar-refractivity contribution < 1.29 is 19.0 Å². The van der Waals surface area contributed by atoms with E-state index < -0.39 is 0 Å². The molecule has 2 aromatic rings. The van der Waals surface area contributed by atoms with Crippen molar-refractivity contribution in [1.29, 1.82) is 0 Å². The maximum absolute atomic E-state index is 11.9. The first-order valence-corrected chi connectivity index (χ1v) is 7.70. The first-order valence-electron chi connectivity index (χ1n) is 7.70. The summed E-state index contributed by atoms with van der Waals surface area (Å²) in [6.45, 7) is 3.35. The van der Waals surface area contributed by atoms with Gasteiger partial charge in [-0.05, 0) is 36.2 Å². The summed E-state index contributed by atoms with van der Waals surface area (Å²) in [5.74, 6) is 0.297. The average molecular weight is 312 g/mol. The molecule has 0 spiro atoms. The van der Waals surface area contributed by atoms with E-state index in [9.17, 15) is 4.79 Å². The molecule has 0 amide bonds. The second kappa shape index (κ2) is 6.84. The SMILES string of the molecule is COC(=O)c1cc(OC2CCOC2)cc(-c2ccc(C)cc2)c1. The number of carbonyl (C=O) groups excluding carboxylic acids is 1. The van der Waals surface area contributed by atoms with Crippen LogP contribution in [-0.2, 0) is 9.47 Å². The molecule has 0 N–H and O–H groups in total. The quantitative estimate of drug-likeness (QED) is 0.809. The molecule has 1 atom stereocenters. The molecular weight excluding hydrogens is 292 g/mol. The predicted octanol–water partition coefficient (Wildman–Crippen LogP) is 3.62. The van der Waals surface area contributed by atoms with Gasteiger partial charge in [-0.2, -0.15) is 0 Å². The molecule has 0 radical (unpaired) electrons. The van der Waals surface area contributed by atoms with Crippen molar-refractivity contribution in [1.82, 2.24) is 0 Å². The summed E-state index contributed by atoms with van der Waals surface area (Å²) in [4.78, 5) is 11.9. The topological polar surface area (TPSA) is 44.8 Å². The Hall–Kier alpha value is -2.33. The maximum Gasteiger partial charge on any atom is 0.338 e. The Labute approximate surface area is 136 Å². The highest BCUT2D eigenvalue weighted by Gasteiger charge is 2.19. The summed E-state index contributed by atoms with van der Waals surface area (Å²) < 4.78 is 16.2. The van der Waals surface area contributed by atoms with Crippen LogP contribution < -0.4 is 4.74 Å². The molecule has 4 heteroatoms. The van der Waals surface area contributed by atoms with Gasteiger partial charge in [0.05, 0.1) is 25.9 Å². The third-order valence-electron chi connectivity index (χ3n) is 3.90. The van der Waals surface area contributed by atoms with Crippen LogP contribution in [0.2, 0.25) is 0 Å². The molecule has 1 heterocycles. The second-order valence-corrected chi connectivity index (χ2v) is 5.71. The van der Waals surface area contributed by atoms with Crippen LogP contribution in [-0.4, -0.2) is 32.4 Å². The summed E-state index contributed by atoms with van der Waals surface area (Å²) in [7, 11) is 1.38. The summed E-state index contributed by atoms with van der Waals surface area (Å²) >= 11 is 0. The van der Waals surface area contributed by atoms with Crippen molar-refractivity contribution in [2.75, 3.05) is 20.3 Å². The first kappa shape index (κ1) is 15.6. The van der Waals surface area contributed by atoms with Gasteiger partial charge in [-0.3, -0.25) is 0 Å². The fourth-order valence-corrected chi connectivity index (χ4v) is 2.61. The van der Waals surface area contributed by atoms with Crippen LogP contribution in [0.5, 0.6) is 5.75 Å². The number of hydrogen-bond donors (Lipinski definition) is 0. The van der Waals surface area contributed by atoms with Crippen molar-refractivity contribution in [3.05, 3.63) is 53.6 Å². The fraction of sp³-hybridized carbons (Fsp3) is 0.316. The standard InChI is InChI=1S/C19H20O4/c1-13-3-5-14(6-4-13)15-9-16(19(20)21-2)11-18(10-15)23-17-7-8-22-12-17/h3-6,9-11,17H,7-8,12H2,1-2H3. The van der Waals surface area contributed by atoms with Gasteiger partial charge in [0, 0.05) is 6.42 Å². The van der Waals surface area contributed by atoms with Crippen molar-refractivity contribution in [3.63, 3.8) is 0 Å². The van der Waals surface area contributed by atoms with Gasteiger partial charge >= 0.3 is 5.97 Å². The van der Waals surface area contributed by atoms with Crippen molar-refractivity contribution in [2.45, 2.75) is 19.4 Å². The summed E-state index contributed by atoms with van der Waals surface area (Å²) in [6, 6.07) is 13.7. The molecule has 4 nitrogen and oxygen atoms in total. The molecule has 0 bridgehead atoms. The Balaban J connectivity index is 1.96. The highest BCUT2D eigenvalue weighted by Crippen LogP contribution is 2.28. The third-order valence-corrected chi connectivity index (χ3v) is 3.90. The van der Waals surface area contributed by atoms with E-state index in [1.807, 2.05) is 43.3 Å². The van der Waals surface area contributed by atoms with Gasteiger partial charge in [-0.25, -0.2) is 4.79 Å². The van der Waals surface area contributed by atoms with E-state index in [2.05, 4.69) is 0 Å². The fourth-order valence-electron chi connectivity index (χ4n) is 2.61. The summed E-state index contributed by atoms with van der Waals surface area (Å²) in [6.07, 6.45) is 0.899. The third kappa shape index (κ3) is 3.71. The second-order valence-electron chi connectivity index (χ2n) is 5.71. The highest BCUT2D eigenvalue weighted by atomic mass is 16.5. The van der Waals surface area contributed by atoms with Crippen molar-refractivity contribution in [3.8, 4) is 16.9 Å². The lowest BCUT2D eigenvalue weighted by Crippen LogP contribution is -2.16. The molecule has 1 fully saturated rings. The normalized spacial score (nSPS) is 17.0. The monoisotopic (exact) mass is 312 g/mol. The minimum absolute atomic E-state index is 0.0359. The Morgan fingerprint density at radius 3 is 2.57 bits per heavy atom. The number of ether oxygens (including phenoxy) is 3. The Bertz CT molecular complexity index is 685. The molecule has 23 heavy (non-hydrogen) atoms. The molecular formula is C19H20O4. The lowest BCUT2D eigenvalue weighted by molar-refractivity contribution is 0.0600. The van der Waals surface area contributed by atoms with Crippen LogP contribution in [0.3, 0.4) is 0 Å². The van der Waals surface area contributed by atoms with Gasteiger partial charge in [-0.15, -0.1) is 0 Å². The van der Waals surface area contributed by atoms with Crippen LogP contribution in [0.4, 0.5) is 0 Å². The molecule has 0 aromatic heterocycles. The van der Waals surface area contributed by atoms with Gasteiger partial charge < -0.3 is 14.2 Å². The van der Waals surface area contributed by atoms with Crippen LogP contribution in [0, 0.1) is 6.92 Å². The van der Waals surface area contributed by atoms with E-state index in [1.165, 1.54) is 12.7 Å². The van der Waals surface area contributed by atoms with Crippen LogP contribution in [0.1, 0.15) is 22.3 Å². The van der Waals surface area contributed by atoms with Crippen LogP contribution in [0.25, 0.3) is 11.1 Å². The number of benzene rings is 2. The smallest absolute Gasteiger partial charge is 0.338 e. The molecule has 3 rings (SSSR count). The van der Waals surface area contributed by atoms with Gasteiger partial charge in [0.2, 0.25) is 0 Å². The molecule has 0 saturated carbocycles. The largest absolute Gasteiger partial charge is 0.488 e. The minimum atomic E-state index is -0.369. The van der Waals surface area contributed by atoms with Gasteiger partial charge in [-0.1, -0.05) is 29.8 Å². The number of aryl methyl sites for hydroxylation is 1. The van der Waals surface area contributed by atoms with E-state index in [4.69, 9.17) is 14.2 Å². The van der Waals surface area contributed by atoms with E-state index in [0.717, 1.165) is 17.5 Å². The van der Waals surface area contributed by atoms with E-state index in [1.54, 1.807) is 6.07 Å². The van der Waals surface area contributed by atoms with Crippen LogP contribution in [0.15, 0.2) is 42.5 Å². The van der Waals surface area contributed by atoms with Gasteiger partial charge in [0.15, 0.2) is 0 Å². The molecule has 120 valence electrons. The Morgan fingerprint density at radius 1 is 1.13 bits per heavy atom. The average Bonchev–Trinajstić information content (AvgIpc) is 3.07. The molecule has 1 unspecified atom stereocenters. The zero-order valence-corrected chi connectivity index (χ0v) is 13.4. The van der Waals surface area contributed by atoms with Crippen molar-refractivity contribution >= 4 is 5.97 Å². The van der Waals surface area contributed by atoms with E-state index >= 15 is 0 Å². The summed E-state index contributed by atoms with van der Waals surface area (Å²) in [5, 5.41) is 0. The molecule has 2 aromatic carbocycles. The zero-order valence-electron chi connectivity index (χ0n) is 13.4. The Kier molecular flexibility index (Phi) is 4.63. The minimum Gasteiger partial charge on any atom is -0.488 e. The van der Waals surface area contributed by atoms with Crippen LogP contribution >= 0.6 is 0 Å². The number of rotatable bonds is 4. The number of carbonyl (C=O) groups is 1. The van der Waals surface area contributed by atoms with Gasteiger partial charge in [0.1, 0.15) is 11.9 Å². The number of methoxy groups -OCH3 is 1. The Morgan fingerprint density at radius 2 is 1.91 bits per heavy atom. The molecule has 1 saturated heterocycles. The molecule has 1 aliphatic rings. The van der Waals surface area contributed by atoms with Gasteiger partial charge in [0.25, 0.3) is 0 Å². The first-order chi connectivity index (χ1) is 11.2. The lowest BCUT2D eigenvalue weighted by Gasteiger charge is -2.14. The highest BCUT2D eigenvalue weighted by molar-refractivity contribution is 5.91. The zero-order chi connectivity index (χ0) is 16.2. The van der Waals surface area contributed by atoms with Crippen molar-refractivity contribution in [2.24, 2.45) is 0 Å².